The zero-order valence-electron chi connectivity index (χ0n) is 19.3. The highest BCUT2D eigenvalue weighted by molar-refractivity contribution is 7.73. The number of rotatable bonds is 10. The van der Waals surface area contributed by atoms with Crippen LogP contribution in [0.2, 0.25) is 0 Å². The van der Waals surface area contributed by atoms with Crippen LogP contribution < -0.4 is 21.2 Å². The molecule has 0 aliphatic carbocycles. The SMILES string of the molecule is COC(=O)CN(CP(c1ccccc1)c1ccccc1)CP(c1ccccc1)c1ccccc1. The molecule has 34 heavy (non-hydrogen) atoms. The number of ether oxygens (including phenoxy) is 1. The van der Waals surface area contributed by atoms with Crippen molar-refractivity contribution in [1.29, 1.82) is 0 Å². The lowest BCUT2D eigenvalue weighted by molar-refractivity contribution is -0.141. The van der Waals surface area contributed by atoms with Crippen molar-refractivity contribution in [2.75, 3.05) is 26.2 Å². The van der Waals surface area contributed by atoms with Crippen molar-refractivity contribution in [2.45, 2.75) is 0 Å². The lowest BCUT2D eigenvalue weighted by Crippen LogP contribution is -2.36. The fraction of sp³-hybridized carbons (Fsp3) is 0.138. The van der Waals surface area contributed by atoms with Gasteiger partial charge in [0.15, 0.2) is 0 Å². The summed E-state index contributed by atoms with van der Waals surface area (Å²) in [5.74, 6) is -0.202. The summed E-state index contributed by atoms with van der Waals surface area (Å²) in [7, 11) is 0.136. The molecule has 0 fully saturated rings. The largest absolute Gasteiger partial charge is 0.468 e. The third-order valence-corrected chi connectivity index (χ3v) is 10.6. The third-order valence-electron chi connectivity index (χ3n) is 5.53. The van der Waals surface area contributed by atoms with Crippen LogP contribution in [0, 0.1) is 0 Å². The van der Waals surface area contributed by atoms with E-state index in [1.165, 1.54) is 28.3 Å². The van der Waals surface area contributed by atoms with Crippen LogP contribution in [-0.2, 0) is 9.53 Å². The molecule has 0 aliphatic rings. The number of hydrogen-bond acceptors (Lipinski definition) is 3. The Kier molecular flexibility index (Phi) is 8.99. The van der Waals surface area contributed by atoms with Crippen LogP contribution in [0.25, 0.3) is 0 Å². The number of hydrogen-bond donors (Lipinski definition) is 0. The van der Waals surface area contributed by atoms with E-state index >= 15 is 0 Å². The molecule has 0 unspecified atom stereocenters. The molecule has 0 saturated heterocycles. The minimum Gasteiger partial charge on any atom is -0.468 e. The van der Waals surface area contributed by atoms with E-state index in [1.807, 2.05) is 0 Å². The zero-order valence-corrected chi connectivity index (χ0v) is 21.1. The summed E-state index contributed by atoms with van der Waals surface area (Å²) >= 11 is 0. The van der Waals surface area contributed by atoms with Gasteiger partial charge in [-0.05, 0) is 37.1 Å². The van der Waals surface area contributed by atoms with E-state index in [-0.39, 0.29) is 12.5 Å². The first kappa shape index (κ1) is 24.3. The Bertz CT molecular complexity index is 978. The summed E-state index contributed by atoms with van der Waals surface area (Å²) in [4.78, 5) is 14.8. The van der Waals surface area contributed by atoms with Gasteiger partial charge in [0.05, 0.1) is 13.7 Å². The molecule has 0 aromatic heterocycles. The van der Waals surface area contributed by atoms with Gasteiger partial charge in [-0.15, -0.1) is 0 Å². The first-order valence-electron chi connectivity index (χ1n) is 11.3. The topological polar surface area (TPSA) is 29.5 Å². The number of carbonyl (C=O) groups is 1. The van der Waals surface area contributed by atoms with Gasteiger partial charge in [0, 0.05) is 12.6 Å². The second-order valence-corrected chi connectivity index (χ2v) is 12.2. The van der Waals surface area contributed by atoms with E-state index in [2.05, 4.69) is 126 Å². The van der Waals surface area contributed by atoms with Gasteiger partial charge in [-0.25, -0.2) is 0 Å². The molecule has 0 spiro atoms. The number of benzene rings is 4. The molecule has 5 heteroatoms. The summed E-state index contributed by atoms with van der Waals surface area (Å²) < 4.78 is 5.10. The minimum atomic E-state index is -0.666. The van der Waals surface area contributed by atoms with Crippen molar-refractivity contribution in [3.8, 4) is 0 Å². The monoisotopic (exact) mass is 485 g/mol. The zero-order chi connectivity index (χ0) is 23.6. The first-order chi connectivity index (χ1) is 16.7. The number of esters is 1. The molecule has 0 bridgehead atoms. The molecule has 172 valence electrons. The van der Waals surface area contributed by atoms with Crippen molar-refractivity contribution in [3.63, 3.8) is 0 Å². The maximum atomic E-state index is 12.5. The standard InChI is InChI=1S/C29H29NO2P2/c1-32-29(31)22-30(23-33(25-14-6-2-7-15-25)26-16-8-3-9-17-26)24-34(27-18-10-4-11-19-27)28-20-12-5-13-21-28/h2-21H,22-24H2,1H3. The molecule has 4 aromatic carbocycles. The molecule has 0 N–H and O–H groups in total. The van der Waals surface area contributed by atoms with Crippen LogP contribution in [0.3, 0.4) is 0 Å². The number of nitrogens with zero attached hydrogens (tertiary/aromatic N) is 1. The van der Waals surface area contributed by atoms with Gasteiger partial charge in [0.25, 0.3) is 0 Å². The average Bonchev–Trinajstić information content (AvgIpc) is 2.92. The lowest BCUT2D eigenvalue weighted by Gasteiger charge is -2.31. The smallest absolute Gasteiger partial charge is 0.319 e. The van der Waals surface area contributed by atoms with Crippen molar-refractivity contribution in [3.05, 3.63) is 121 Å². The van der Waals surface area contributed by atoms with Gasteiger partial charge < -0.3 is 4.74 Å². The predicted octanol–water partition coefficient (Wildman–Crippen LogP) is 4.64. The second kappa shape index (κ2) is 12.6. The molecule has 0 amide bonds. The van der Waals surface area contributed by atoms with Crippen molar-refractivity contribution >= 4 is 43.0 Å². The van der Waals surface area contributed by atoms with Crippen molar-refractivity contribution in [2.24, 2.45) is 0 Å². The molecule has 0 heterocycles. The van der Waals surface area contributed by atoms with Gasteiger partial charge in [0.1, 0.15) is 0 Å². The van der Waals surface area contributed by atoms with Crippen LogP contribution in [0.5, 0.6) is 0 Å². The molecular weight excluding hydrogens is 456 g/mol. The molecule has 0 saturated carbocycles. The second-order valence-electron chi connectivity index (χ2n) is 7.89. The molecule has 0 atom stereocenters. The fourth-order valence-corrected chi connectivity index (χ4v) is 8.58. The highest BCUT2D eigenvalue weighted by atomic mass is 31.1. The molecule has 4 rings (SSSR count). The number of carbonyl (C=O) groups excluding carboxylic acids is 1. The Hall–Kier alpha value is -2.83. The minimum absolute atomic E-state index is 0.202. The van der Waals surface area contributed by atoms with Crippen LogP contribution >= 0.6 is 15.8 Å². The highest BCUT2D eigenvalue weighted by Gasteiger charge is 2.24. The Balaban J connectivity index is 1.69. The predicted molar refractivity (Wildman–Crippen MR) is 147 cm³/mol. The summed E-state index contributed by atoms with van der Waals surface area (Å²) in [6.45, 7) is 0.271. The molecule has 0 radical (unpaired) electrons. The Morgan fingerprint density at radius 2 is 0.882 bits per heavy atom. The normalized spacial score (nSPS) is 11.2. The van der Waals surface area contributed by atoms with Gasteiger partial charge in [-0.2, -0.15) is 0 Å². The summed E-state index contributed by atoms with van der Waals surface area (Å²) in [5.41, 5.74) is 0. The van der Waals surface area contributed by atoms with E-state index in [0.717, 1.165) is 12.6 Å². The average molecular weight is 486 g/mol. The van der Waals surface area contributed by atoms with Crippen LogP contribution in [0.4, 0.5) is 0 Å². The quantitative estimate of drug-likeness (QED) is 0.242. The summed E-state index contributed by atoms with van der Waals surface area (Å²) in [6, 6.07) is 42.6. The van der Waals surface area contributed by atoms with E-state index in [0.29, 0.717) is 0 Å². The Morgan fingerprint density at radius 1 is 0.588 bits per heavy atom. The van der Waals surface area contributed by atoms with Crippen molar-refractivity contribution < 1.29 is 9.53 Å². The maximum Gasteiger partial charge on any atom is 0.319 e. The third kappa shape index (κ3) is 6.61. The van der Waals surface area contributed by atoms with Gasteiger partial charge >= 0.3 is 5.97 Å². The van der Waals surface area contributed by atoms with Crippen molar-refractivity contribution in [1.82, 2.24) is 4.90 Å². The summed E-state index contributed by atoms with van der Waals surface area (Å²) in [6.07, 6.45) is 1.58. The van der Waals surface area contributed by atoms with E-state index in [1.54, 1.807) is 0 Å². The van der Waals surface area contributed by atoms with E-state index in [9.17, 15) is 4.79 Å². The van der Waals surface area contributed by atoms with Crippen LogP contribution in [-0.4, -0.2) is 37.1 Å². The summed E-state index contributed by atoms with van der Waals surface area (Å²) in [5, 5.41) is 5.23. The highest BCUT2D eigenvalue weighted by Crippen LogP contribution is 2.39. The Morgan fingerprint density at radius 3 is 1.15 bits per heavy atom. The van der Waals surface area contributed by atoms with Crippen LogP contribution in [0.15, 0.2) is 121 Å². The van der Waals surface area contributed by atoms with Gasteiger partial charge in [-0.3, -0.25) is 9.69 Å². The molecule has 4 aromatic rings. The number of methoxy groups -OCH3 is 1. The Labute approximate surface area is 204 Å². The van der Waals surface area contributed by atoms with E-state index < -0.39 is 15.8 Å². The molecular formula is C29H29NO2P2. The molecule has 3 nitrogen and oxygen atoms in total. The first-order valence-corrected chi connectivity index (χ1v) is 14.3. The molecule has 0 aliphatic heterocycles. The van der Waals surface area contributed by atoms with Crippen LogP contribution in [0.1, 0.15) is 0 Å². The lowest BCUT2D eigenvalue weighted by atomic mass is 10.4. The van der Waals surface area contributed by atoms with Gasteiger partial charge in [-0.1, -0.05) is 121 Å². The fourth-order valence-electron chi connectivity index (χ4n) is 3.85. The maximum absolute atomic E-state index is 12.5. The van der Waals surface area contributed by atoms with E-state index in [4.69, 9.17) is 4.74 Å². The van der Waals surface area contributed by atoms with Gasteiger partial charge in [0.2, 0.25) is 0 Å².